The van der Waals surface area contributed by atoms with Crippen LogP contribution in [0, 0.1) is 5.92 Å². The summed E-state index contributed by atoms with van der Waals surface area (Å²) in [6.45, 7) is 14.3. The number of hydrogen-bond donors (Lipinski definition) is 3. The molecule has 37 heavy (non-hydrogen) atoms. The highest BCUT2D eigenvalue weighted by Crippen LogP contribution is 2.13. The van der Waals surface area contributed by atoms with Gasteiger partial charge in [-0.05, 0) is 65.9 Å². The van der Waals surface area contributed by atoms with Crippen LogP contribution >= 0.6 is 0 Å². The molecule has 208 valence electrons. The molecule has 0 bridgehead atoms. The molecule has 10 nitrogen and oxygen atoms in total. The number of amides is 3. The van der Waals surface area contributed by atoms with Gasteiger partial charge >= 0.3 is 18.2 Å². The summed E-state index contributed by atoms with van der Waals surface area (Å²) in [7, 11) is 0. The third-order valence-corrected chi connectivity index (χ3v) is 4.78. The van der Waals surface area contributed by atoms with Crippen LogP contribution in [-0.2, 0) is 30.4 Å². The summed E-state index contributed by atoms with van der Waals surface area (Å²) in [5.74, 6) is -1.36. The minimum absolute atomic E-state index is 0.138. The Morgan fingerprint density at radius 3 is 1.97 bits per heavy atom. The first-order chi connectivity index (χ1) is 17.1. The molecule has 1 aromatic rings. The fourth-order valence-corrected chi connectivity index (χ4v) is 3.11. The molecule has 3 amide bonds. The van der Waals surface area contributed by atoms with Gasteiger partial charge in [-0.15, -0.1) is 0 Å². The molecule has 0 saturated heterocycles. The van der Waals surface area contributed by atoms with Crippen molar-refractivity contribution in [3.8, 4) is 0 Å². The fraction of sp³-hybridized carbons (Fsp3) is 0.630. The van der Waals surface area contributed by atoms with Crippen LogP contribution in [0.2, 0.25) is 0 Å². The maximum Gasteiger partial charge on any atom is 0.408 e. The first-order valence-electron chi connectivity index (χ1n) is 12.5. The zero-order valence-corrected chi connectivity index (χ0v) is 23.3. The topological polar surface area (TPSA) is 132 Å². The van der Waals surface area contributed by atoms with Gasteiger partial charge in [0.05, 0.1) is 0 Å². The number of esters is 1. The molecule has 1 aromatic carbocycles. The van der Waals surface area contributed by atoms with E-state index in [0.717, 1.165) is 5.56 Å². The van der Waals surface area contributed by atoms with Crippen molar-refractivity contribution in [1.29, 1.82) is 0 Å². The Labute approximate surface area is 220 Å². The predicted octanol–water partition coefficient (Wildman–Crippen LogP) is 4.07. The Morgan fingerprint density at radius 1 is 0.838 bits per heavy atom. The third kappa shape index (κ3) is 14.1. The summed E-state index contributed by atoms with van der Waals surface area (Å²) in [5, 5.41) is 7.90. The predicted molar refractivity (Wildman–Crippen MR) is 140 cm³/mol. The Morgan fingerprint density at radius 2 is 1.43 bits per heavy atom. The lowest BCUT2D eigenvalue weighted by Crippen LogP contribution is -2.54. The van der Waals surface area contributed by atoms with Crippen LogP contribution in [0.4, 0.5) is 9.59 Å². The van der Waals surface area contributed by atoms with Crippen LogP contribution in [0.15, 0.2) is 30.3 Å². The van der Waals surface area contributed by atoms with Gasteiger partial charge in [-0.25, -0.2) is 14.4 Å². The van der Waals surface area contributed by atoms with E-state index in [1.165, 1.54) is 0 Å². The second-order valence-corrected chi connectivity index (χ2v) is 11.1. The Kier molecular flexibility index (Phi) is 12.4. The van der Waals surface area contributed by atoms with Crippen LogP contribution < -0.4 is 16.0 Å². The van der Waals surface area contributed by atoms with E-state index in [2.05, 4.69) is 16.0 Å². The van der Waals surface area contributed by atoms with E-state index in [-0.39, 0.29) is 25.5 Å². The highest BCUT2D eigenvalue weighted by Gasteiger charge is 2.32. The van der Waals surface area contributed by atoms with E-state index < -0.39 is 47.3 Å². The minimum Gasteiger partial charge on any atom is -0.458 e. The number of nitrogens with one attached hydrogen (secondary N) is 3. The monoisotopic (exact) mass is 521 g/mol. The molecule has 2 atom stereocenters. The number of carbonyl (C=O) groups excluding carboxylic acids is 4. The third-order valence-electron chi connectivity index (χ3n) is 4.78. The van der Waals surface area contributed by atoms with E-state index in [1.807, 2.05) is 30.3 Å². The number of benzene rings is 1. The maximum atomic E-state index is 13.1. The Balaban J connectivity index is 2.74. The zero-order valence-electron chi connectivity index (χ0n) is 23.3. The standard InChI is InChI=1S/C27H43N3O7/c1-18(2)21(23(32)36-26(3,4)5)30-22(31)20(29-25(34)37-27(6,7)8)15-12-16-28-24(33)35-17-19-13-10-9-11-14-19/h9-11,13-14,18,20-21H,12,15-17H2,1-8H3,(H,28,33)(H,29,34)(H,30,31)/t20-,21-/m0/s1. The highest BCUT2D eigenvalue weighted by atomic mass is 16.6. The lowest BCUT2D eigenvalue weighted by molar-refractivity contribution is -0.160. The SMILES string of the molecule is CC(C)[C@H](NC(=O)[C@H](CCCNC(=O)OCc1ccccc1)NC(=O)OC(C)(C)C)C(=O)OC(C)(C)C. The molecule has 0 heterocycles. The van der Waals surface area contributed by atoms with Crippen molar-refractivity contribution in [3.63, 3.8) is 0 Å². The molecular formula is C27H43N3O7. The van der Waals surface area contributed by atoms with E-state index >= 15 is 0 Å². The molecule has 0 radical (unpaired) electrons. The first-order valence-corrected chi connectivity index (χ1v) is 12.5. The lowest BCUT2D eigenvalue weighted by atomic mass is 10.0. The van der Waals surface area contributed by atoms with Crippen LogP contribution in [0.25, 0.3) is 0 Å². The van der Waals surface area contributed by atoms with Crippen molar-refractivity contribution in [2.45, 2.75) is 98.1 Å². The van der Waals surface area contributed by atoms with Crippen LogP contribution in [0.5, 0.6) is 0 Å². The van der Waals surface area contributed by atoms with Gasteiger partial charge in [-0.1, -0.05) is 44.2 Å². The van der Waals surface area contributed by atoms with Gasteiger partial charge in [0.1, 0.15) is 29.9 Å². The smallest absolute Gasteiger partial charge is 0.408 e. The summed E-state index contributed by atoms with van der Waals surface area (Å²) < 4.78 is 15.9. The van der Waals surface area contributed by atoms with Crippen molar-refractivity contribution in [1.82, 2.24) is 16.0 Å². The zero-order chi connectivity index (χ0) is 28.2. The molecule has 0 aromatic heterocycles. The Hall–Kier alpha value is -3.30. The average Bonchev–Trinajstić information content (AvgIpc) is 2.75. The largest absolute Gasteiger partial charge is 0.458 e. The van der Waals surface area contributed by atoms with Crippen molar-refractivity contribution >= 4 is 24.1 Å². The van der Waals surface area contributed by atoms with Gasteiger partial charge in [-0.3, -0.25) is 4.79 Å². The summed E-state index contributed by atoms with van der Waals surface area (Å²) in [6.07, 6.45) is -0.813. The quantitative estimate of drug-likeness (QED) is 0.227. The van der Waals surface area contributed by atoms with Gasteiger partial charge in [0.15, 0.2) is 0 Å². The van der Waals surface area contributed by atoms with Crippen molar-refractivity contribution in [2.75, 3.05) is 6.54 Å². The average molecular weight is 522 g/mol. The van der Waals surface area contributed by atoms with E-state index in [9.17, 15) is 19.2 Å². The number of ether oxygens (including phenoxy) is 3. The normalized spacial score (nSPS) is 13.2. The molecule has 0 fully saturated rings. The van der Waals surface area contributed by atoms with Gasteiger partial charge < -0.3 is 30.2 Å². The van der Waals surface area contributed by atoms with Gasteiger partial charge in [0, 0.05) is 6.54 Å². The molecule has 0 aliphatic carbocycles. The number of alkyl carbamates (subject to hydrolysis) is 2. The maximum absolute atomic E-state index is 13.1. The van der Waals surface area contributed by atoms with Crippen LogP contribution in [0.1, 0.15) is 73.8 Å². The molecule has 10 heteroatoms. The molecular weight excluding hydrogens is 478 g/mol. The minimum atomic E-state index is -0.999. The molecule has 1 rings (SSSR count). The van der Waals surface area contributed by atoms with E-state index in [1.54, 1.807) is 55.4 Å². The second-order valence-electron chi connectivity index (χ2n) is 11.1. The number of hydrogen-bond acceptors (Lipinski definition) is 7. The molecule has 0 spiro atoms. The second kappa shape index (κ2) is 14.4. The van der Waals surface area contributed by atoms with Crippen molar-refractivity contribution < 1.29 is 33.4 Å². The van der Waals surface area contributed by atoms with E-state index in [0.29, 0.717) is 6.42 Å². The van der Waals surface area contributed by atoms with Crippen LogP contribution in [0.3, 0.4) is 0 Å². The van der Waals surface area contributed by atoms with E-state index in [4.69, 9.17) is 14.2 Å². The molecule has 0 aliphatic rings. The molecule has 0 aliphatic heterocycles. The van der Waals surface area contributed by atoms with Gasteiger partial charge in [0.2, 0.25) is 5.91 Å². The molecule has 3 N–H and O–H groups in total. The summed E-state index contributed by atoms with van der Waals surface area (Å²) in [5.41, 5.74) is -0.614. The summed E-state index contributed by atoms with van der Waals surface area (Å²) >= 11 is 0. The van der Waals surface area contributed by atoms with Gasteiger partial charge in [-0.2, -0.15) is 0 Å². The summed E-state index contributed by atoms with van der Waals surface area (Å²) in [4.78, 5) is 50.1. The number of carbonyl (C=O) groups is 4. The van der Waals surface area contributed by atoms with Crippen molar-refractivity contribution in [2.24, 2.45) is 5.92 Å². The number of rotatable bonds is 11. The van der Waals surface area contributed by atoms with Crippen LogP contribution in [-0.4, -0.2) is 53.9 Å². The molecule has 0 saturated carbocycles. The fourth-order valence-electron chi connectivity index (χ4n) is 3.11. The van der Waals surface area contributed by atoms with Crippen molar-refractivity contribution in [3.05, 3.63) is 35.9 Å². The first kappa shape index (κ1) is 31.7. The lowest BCUT2D eigenvalue weighted by Gasteiger charge is -2.28. The van der Waals surface area contributed by atoms with Gasteiger partial charge in [0.25, 0.3) is 0 Å². The highest BCUT2D eigenvalue weighted by molar-refractivity contribution is 5.89. The summed E-state index contributed by atoms with van der Waals surface area (Å²) in [6, 6.07) is 7.37. The Bertz CT molecular complexity index is 890. The molecule has 0 unspecified atom stereocenters.